The van der Waals surface area contributed by atoms with Crippen LogP contribution in [0.5, 0.6) is 0 Å². The lowest BCUT2D eigenvalue weighted by Crippen LogP contribution is -2.15. The van der Waals surface area contributed by atoms with Crippen molar-refractivity contribution in [3.8, 4) is 0 Å². The van der Waals surface area contributed by atoms with Crippen molar-refractivity contribution >= 4 is 16.7 Å². The molecule has 0 bridgehead atoms. The number of benzene rings is 2. The molecule has 2 aromatic rings. The Bertz CT molecular complexity index is 578. The Hall–Kier alpha value is -1.91. The third kappa shape index (κ3) is 1.88. The van der Waals surface area contributed by atoms with E-state index in [-0.39, 0.29) is 18.8 Å². The molecule has 88 valence electrons. The molecule has 0 unspecified atom stereocenters. The molecule has 1 amide bonds. The van der Waals surface area contributed by atoms with Crippen LogP contribution in [0.25, 0.3) is 10.8 Å². The molecule has 0 fully saturated rings. The van der Waals surface area contributed by atoms with Crippen LogP contribution in [0.4, 0.5) is 0 Å². The zero-order valence-electron chi connectivity index (χ0n) is 9.18. The summed E-state index contributed by atoms with van der Waals surface area (Å²) in [5, 5.41) is 20.2. The van der Waals surface area contributed by atoms with E-state index in [0.717, 1.165) is 10.8 Å². The molecule has 0 aliphatic rings. The molecule has 2 rings (SSSR count). The maximum absolute atomic E-state index is 11.3. The third-order valence-electron chi connectivity index (χ3n) is 2.84. The number of carbonyl (C=O) groups excluding carboxylic acids is 1. The summed E-state index contributed by atoms with van der Waals surface area (Å²) < 4.78 is 0. The highest BCUT2D eigenvalue weighted by atomic mass is 16.3. The van der Waals surface area contributed by atoms with Crippen LogP contribution in [0, 0.1) is 0 Å². The molecule has 4 heteroatoms. The summed E-state index contributed by atoms with van der Waals surface area (Å²) in [4.78, 5) is 11.3. The number of nitrogens with two attached hydrogens (primary N) is 1. The lowest BCUT2D eigenvalue weighted by molar-refractivity contribution is 0.0997. The number of aliphatic hydroxyl groups is 2. The maximum atomic E-state index is 11.3. The number of carbonyl (C=O) groups is 1. The lowest BCUT2D eigenvalue weighted by Gasteiger charge is -2.12. The van der Waals surface area contributed by atoms with E-state index in [1.54, 1.807) is 6.07 Å². The first-order valence-corrected chi connectivity index (χ1v) is 5.24. The van der Waals surface area contributed by atoms with E-state index in [1.165, 1.54) is 6.07 Å². The number of primary amides is 1. The van der Waals surface area contributed by atoms with Gasteiger partial charge >= 0.3 is 0 Å². The van der Waals surface area contributed by atoms with E-state index in [0.29, 0.717) is 11.1 Å². The smallest absolute Gasteiger partial charge is 0.249 e. The maximum Gasteiger partial charge on any atom is 0.249 e. The van der Waals surface area contributed by atoms with Crippen molar-refractivity contribution in [2.45, 2.75) is 13.2 Å². The van der Waals surface area contributed by atoms with Crippen LogP contribution in [0.1, 0.15) is 21.5 Å². The second kappa shape index (κ2) is 4.53. The fourth-order valence-electron chi connectivity index (χ4n) is 2.03. The van der Waals surface area contributed by atoms with Crippen molar-refractivity contribution < 1.29 is 15.0 Å². The van der Waals surface area contributed by atoms with E-state index in [2.05, 4.69) is 0 Å². The quantitative estimate of drug-likeness (QED) is 0.734. The van der Waals surface area contributed by atoms with E-state index in [1.807, 2.05) is 18.2 Å². The minimum Gasteiger partial charge on any atom is -0.392 e. The first kappa shape index (κ1) is 11.6. The first-order chi connectivity index (χ1) is 8.19. The number of aliphatic hydroxyl groups excluding tert-OH is 2. The van der Waals surface area contributed by atoms with Gasteiger partial charge < -0.3 is 15.9 Å². The molecule has 0 spiro atoms. The highest BCUT2D eigenvalue weighted by Crippen LogP contribution is 2.26. The first-order valence-electron chi connectivity index (χ1n) is 5.24. The Morgan fingerprint density at radius 2 is 1.76 bits per heavy atom. The molecule has 17 heavy (non-hydrogen) atoms. The molecule has 0 aliphatic heterocycles. The Morgan fingerprint density at radius 1 is 1.12 bits per heavy atom. The summed E-state index contributed by atoms with van der Waals surface area (Å²) in [5.74, 6) is -0.602. The van der Waals surface area contributed by atoms with Crippen LogP contribution >= 0.6 is 0 Å². The van der Waals surface area contributed by atoms with Crippen LogP contribution in [0.15, 0.2) is 30.3 Å². The summed E-state index contributed by atoms with van der Waals surface area (Å²) in [5.41, 5.74) is 6.67. The van der Waals surface area contributed by atoms with E-state index in [4.69, 9.17) is 5.73 Å². The van der Waals surface area contributed by atoms with Gasteiger partial charge in [0.05, 0.1) is 13.2 Å². The zero-order chi connectivity index (χ0) is 12.4. The van der Waals surface area contributed by atoms with Gasteiger partial charge in [0.2, 0.25) is 5.91 Å². The van der Waals surface area contributed by atoms with Gasteiger partial charge in [-0.15, -0.1) is 0 Å². The number of hydrogen-bond donors (Lipinski definition) is 3. The van der Waals surface area contributed by atoms with E-state index in [9.17, 15) is 15.0 Å². The minimum absolute atomic E-state index is 0.174. The second-order valence-electron chi connectivity index (χ2n) is 3.79. The van der Waals surface area contributed by atoms with E-state index >= 15 is 0 Å². The molecule has 0 atom stereocenters. The van der Waals surface area contributed by atoms with Crippen molar-refractivity contribution in [1.82, 2.24) is 0 Å². The fraction of sp³-hybridized carbons (Fsp3) is 0.154. The van der Waals surface area contributed by atoms with Gasteiger partial charge in [-0.3, -0.25) is 4.79 Å². The Balaban J connectivity index is 2.89. The summed E-state index contributed by atoms with van der Waals surface area (Å²) in [6.07, 6.45) is 0. The van der Waals surface area contributed by atoms with Gasteiger partial charge in [0.25, 0.3) is 0 Å². The number of hydrogen-bond acceptors (Lipinski definition) is 3. The average molecular weight is 231 g/mol. The minimum atomic E-state index is -0.602. The van der Waals surface area contributed by atoms with Crippen molar-refractivity contribution in [2.75, 3.05) is 0 Å². The standard InChI is InChI=1S/C13H13NO3/c14-13(17)11-5-8(6-15)9-3-1-2-4-10(9)12(11)7-16/h1-5,15-16H,6-7H2,(H2,14,17). The van der Waals surface area contributed by atoms with Gasteiger partial charge in [-0.2, -0.15) is 0 Å². The summed E-state index contributed by atoms with van der Waals surface area (Å²) in [6.45, 7) is -0.434. The van der Waals surface area contributed by atoms with Crippen molar-refractivity contribution in [3.63, 3.8) is 0 Å². The number of fused-ring (bicyclic) bond motifs is 1. The van der Waals surface area contributed by atoms with Gasteiger partial charge in [0, 0.05) is 5.56 Å². The molecule has 0 saturated heterocycles. The number of amides is 1. The summed E-state index contributed by atoms with van der Waals surface area (Å²) in [7, 11) is 0. The molecule has 2 aromatic carbocycles. The van der Waals surface area contributed by atoms with Crippen LogP contribution in [-0.4, -0.2) is 16.1 Å². The Labute approximate surface area is 98.3 Å². The van der Waals surface area contributed by atoms with Gasteiger partial charge in [0.1, 0.15) is 0 Å². The fourth-order valence-corrected chi connectivity index (χ4v) is 2.03. The molecular formula is C13H13NO3. The summed E-state index contributed by atoms with van der Waals surface area (Å²) in [6, 6.07) is 8.83. The largest absolute Gasteiger partial charge is 0.392 e. The van der Waals surface area contributed by atoms with Crippen molar-refractivity contribution in [2.24, 2.45) is 5.73 Å². The van der Waals surface area contributed by atoms with Gasteiger partial charge in [-0.25, -0.2) is 0 Å². The van der Waals surface area contributed by atoms with E-state index < -0.39 is 5.91 Å². The van der Waals surface area contributed by atoms with Crippen molar-refractivity contribution in [3.05, 3.63) is 47.0 Å². The lowest BCUT2D eigenvalue weighted by atomic mass is 9.95. The molecule has 4 N–H and O–H groups in total. The van der Waals surface area contributed by atoms with Crippen LogP contribution < -0.4 is 5.73 Å². The topological polar surface area (TPSA) is 83.6 Å². The van der Waals surface area contributed by atoms with Crippen LogP contribution in [-0.2, 0) is 13.2 Å². The predicted octanol–water partition coefficient (Wildman–Crippen LogP) is 0.923. The van der Waals surface area contributed by atoms with Gasteiger partial charge in [0.15, 0.2) is 0 Å². The third-order valence-corrected chi connectivity index (χ3v) is 2.84. The number of rotatable bonds is 3. The predicted molar refractivity (Wildman–Crippen MR) is 64.3 cm³/mol. The zero-order valence-corrected chi connectivity index (χ0v) is 9.18. The highest BCUT2D eigenvalue weighted by Gasteiger charge is 2.14. The van der Waals surface area contributed by atoms with Crippen LogP contribution in [0.3, 0.4) is 0 Å². The highest BCUT2D eigenvalue weighted by molar-refractivity contribution is 6.01. The molecule has 0 aliphatic carbocycles. The van der Waals surface area contributed by atoms with Crippen LogP contribution in [0.2, 0.25) is 0 Å². The van der Waals surface area contributed by atoms with Gasteiger partial charge in [-0.1, -0.05) is 24.3 Å². The SMILES string of the molecule is NC(=O)c1cc(CO)c2ccccc2c1CO. The molecule has 4 nitrogen and oxygen atoms in total. The molecule has 0 saturated carbocycles. The molecular weight excluding hydrogens is 218 g/mol. The van der Waals surface area contributed by atoms with Crippen molar-refractivity contribution in [1.29, 1.82) is 0 Å². The molecule has 0 heterocycles. The Morgan fingerprint density at radius 3 is 2.29 bits per heavy atom. The summed E-state index contributed by atoms with van der Waals surface area (Å²) >= 11 is 0. The Kier molecular flexibility index (Phi) is 3.08. The molecule has 0 aromatic heterocycles. The second-order valence-corrected chi connectivity index (χ2v) is 3.79. The average Bonchev–Trinajstić information content (AvgIpc) is 2.36. The molecule has 0 radical (unpaired) electrons. The van der Waals surface area contributed by atoms with Gasteiger partial charge in [-0.05, 0) is 28.0 Å². The normalized spacial score (nSPS) is 10.7. The monoisotopic (exact) mass is 231 g/mol.